The number of benzene rings is 2. The molecule has 0 spiro atoms. The molecule has 0 amide bonds. The van der Waals surface area contributed by atoms with Crippen LogP contribution in [0.2, 0.25) is 0 Å². The topological polar surface area (TPSA) is 44.8 Å². The van der Waals surface area contributed by atoms with Crippen molar-refractivity contribution in [3.05, 3.63) is 71.5 Å². The second-order valence-corrected chi connectivity index (χ2v) is 6.75. The van der Waals surface area contributed by atoms with Crippen LogP contribution in [-0.4, -0.2) is 19.2 Å². The van der Waals surface area contributed by atoms with Crippen LogP contribution in [0.25, 0.3) is 0 Å². The Kier molecular flexibility index (Phi) is 7.05. The minimum Gasteiger partial charge on any atom is -0.494 e. The fourth-order valence-corrected chi connectivity index (χ4v) is 2.66. The van der Waals surface area contributed by atoms with Gasteiger partial charge in [-0.05, 0) is 56.2 Å². The van der Waals surface area contributed by atoms with Gasteiger partial charge in [-0.3, -0.25) is 0 Å². The molecule has 1 aliphatic heterocycles. The van der Waals surface area contributed by atoms with Crippen molar-refractivity contribution in [1.29, 1.82) is 0 Å². The number of hydrogen-bond acceptors (Lipinski definition) is 4. The molecule has 1 aliphatic rings. The Morgan fingerprint density at radius 1 is 0.815 bits per heavy atom. The Morgan fingerprint density at radius 3 is 1.41 bits per heavy atom. The zero-order valence-corrected chi connectivity index (χ0v) is 16.7. The molecule has 0 saturated carbocycles. The maximum absolute atomic E-state index is 9.94. The molecule has 0 atom stereocenters. The maximum atomic E-state index is 9.94. The van der Waals surface area contributed by atoms with Gasteiger partial charge in [0, 0.05) is 5.41 Å². The average Bonchev–Trinajstić information content (AvgIpc) is 2.68. The number of carbonyl (C=O) groups is 1. The Balaban J connectivity index is 0.000000369. The van der Waals surface area contributed by atoms with Crippen LogP contribution in [0.15, 0.2) is 60.4 Å². The van der Waals surface area contributed by atoms with Crippen molar-refractivity contribution < 1.29 is 19.0 Å². The molecule has 4 heteroatoms. The highest BCUT2D eigenvalue weighted by molar-refractivity contribution is 5.92. The van der Waals surface area contributed by atoms with Crippen molar-refractivity contribution in [2.45, 2.75) is 40.0 Å². The normalized spacial score (nSPS) is 12.8. The summed E-state index contributed by atoms with van der Waals surface area (Å²) in [4.78, 5) is 9.94. The molecule has 0 aromatic heterocycles. The van der Waals surface area contributed by atoms with Gasteiger partial charge in [-0.1, -0.05) is 38.1 Å². The van der Waals surface area contributed by atoms with Crippen molar-refractivity contribution in [3.63, 3.8) is 0 Å². The lowest BCUT2D eigenvalue weighted by Crippen LogP contribution is -2.18. The van der Waals surface area contributed by atoms with Gasteiger partial charge in [-0.2, -0.15) is 0 Å². The lowest BCUT2D eigenvalue weighted by Gasteiger charge is -2.26. The summed E-state index contributed by atoms with van der Waals surface area (Å²) in [5.74, 6) is 1.64. The molecule has 27 heavy (non-hydrogen) atoms. The second-order valence-electron chi connectivity index (χ2n) is 6.75. The van der Waals surface area contributed by atoms with Crippen LogP contribution in [0.1, 0.15) is 45.7 Å². The first kappa shape index (κ1) is 20.6. The third-order valence-corrected chi connectivity index (χ3v) is 4.44. The van der Waals surface area contributed by atoms with E-state index in [2.05, 4.69) is 42.8 Å². The zero-order valence-electron chi connectivity index (χ0n) is 16.7. The summed E-state index contributed by atoms with van der Waals surface area (Å²) in [5, 5.41) is 0. The predicted octanol–water partition coefficient (Wildman–Crippen LogP) is 5.26. The van der Waals surface area contributed by atoms with E-state index >= 15 is 0 Å². The summed E-state index contributed by atoms with van der Waals surface area (Å²) in [5.41, 5.74) is 3.20. The summed E-state index contributed by atoms with van der Waals surface area (Å²) in [6, 6.07) is 16.7. The van der Waals surface area contributed by atoms with Gasteiger partial charge in [0.2, 0.25) is 0 Å². The van der Waals surface area contributed by atoms with E-state index in [1.807, 2.05) is 38.1 Å². The maximum Gasteiger partial charge on any atom is 0.341 e. The van der Waals surface area contributed by atoms with Crippen LogP contribution in [-0.2, 0) is 14.9 Å². The van der Waals surface area contributed by atoms with Gasteiger partial charge in [0.05, 0.1) is 18.8 Å². The molecule has 0 unspecified atom stereocenters. The predicted molar refractivity (Wildman–Crippen MR) is 107 cm³/mol. The summed E-state index contributed by atoms with van der Waals surface area (Å²) in [6.45, 7) is 11.6. The van der Waals surface area contributed by atoms with Gasteiger partial charge in [-0.15, -0.1) is 0 Å². The molecule has 2 aromatic carbocycles. The lowest BCUT2D eigenvalue weighted by molar-refractivity contribution is -0.138. The van der Waals surface area contributed by atoms with E-state index in [-0.39, 0.29) is 11.4 Å². The van der Waals surface area contributed by atoms with E-state index in [1.165, 1.54) is 17.4 Å². The van der Waals surface area contributed by atoms with Crippen molar-refractivity contribution >= 4 is 5.97 Å². The van der Waals surface area contributed by atoms with Crippen LogP contribution < -0.4 is 9.47 Å². The Bertz CT molecular complexity index is 720. The fourth-order valence-electron chi connectivity index (χ4n) is 2.66. The third-order valence-electron chi connectivity index (χ3n) is 4.44. The first-order valence-corrected chi connectivity index (χ1v) is 9.23. The molecule has 0 saturated heterocycles. The average molecular weight is 368 g/mol. The van der Waals surface area contributed by atoms with E-state index in [0.29, 0.717) is 18.8 Å². The first-order valence-electron chi connectivity index (χ1n) is 9.23. The van der Waals surface area contributed by atoms with Crippen molar-refractivity contribution in [2.75, 3.05) is 13.2 Å². The molecule has 0 bridgehead atoms. The van der Waals surface area contributed by atoms with E-state index in [0.717, 1.165) is 11.5 Å². The molecule has 1 heterocycles. The Hall–Kier alpha value is -2.75. The molecule has 0 radical (unpaired) electrons. The molecule has 3 rings (SSSR count). The highest BCUT2D eigenvalue weighted by Gasteiger charge is 2.23. The second kappa shape index (κ2) is 9.26. The van der Waals surface area contributed by atoms with Gasteiger partial charge < -0.3 is 14.2 Å². The zero-order chi connectivity index (χ0) is 19.9. The smallest absolute Gasteiger partial charge is 0.341 e. The van der Waals surface area contributed by atoms with Crippen LogP contribution in [0.5, 0.6) is 11.5 Å². The third kappa shape index (κ3) is 5.36. The number of ether oxygens (including phenoxy) is 3. The Labute approximate surface area is 161 Å². The molecule has 4 nitrogen and oxygen atoms in total. The minimum absolute atomic E-state index is 0.0461. The van der Waals surface area contributed by atoms with Crippen LogP contribution >= 0.6 is 0 Å². The SMILES string of the molecule is CC1=COC1=O.CCOc1ccc(C(C)(C)c2ccc(OCC)cc2)cc1. The summed E-state index contributed by atoms with van der Waals surface area (Å²) >= 11 is 0. The van der Waals surface area contributed by atoms with E-state index < -0.39 is 0 Å². The minimum atomic E-state index is -0.199. The van der Waals surface area contributed by atoms with Crippen molar-refractivity contribution in [1.82, 2.24) is 0 Å². The van der Waals surface area contributed by atoms with Gasteiger partial charge >= 0.3 is 5.97 Å². The van der Waals surface area contributed by atoms with Crippen molar-refractivity contribution in [2.24, 2.45) is 0 Å². The number of hydrogen-bond donors (Lipinski definition) is 0. The number of carbonyl (C=O) groups excluding carboxylic acids is 1. The lowest BCUT2D eigenvalue weighted by atomic mass is 9.78. The summed E-state index contributed by atoms with van der Waals surface area (Å²) < 4.78 is 15.3. The molecule has 0 aliphatic carbocycles. The van der Waals surface area contributed by atoms with Gasteiger partial charge in [0.1, 0.15) is 17.8 Å². The number of rotatable bonds is 6. The molecular weight excluding hydrogens is 340 g/mol. The van der Waals surface area contributed by atoms with Crippen LogP contribution in [0.3, 0.4) is 0 Å². The van der Waals surface area contributed by atoms with Gasteiger partial charge in [-0.25, -0.2) is 4.79 Å². The number of esters is 1. The molecule has 0 fully saturated rings. The fraction of sp³-hybridized carbons (Fsp3) is 0.348. The van der Waals surface area contributed by atoms with Crippen LogP contribution in [0.4, 0.5) is 0 Å². The van der Waals surface area contributed by atoms with E-state index in [1.54, 1.807) is 6.92 Å². The van der Waals surface area contributed by atoms with Gasteiger partial charge in [0.25, 0.3) is 0 Å². The molecule has 0 N–H and O–H groups in total. The molecule has 144 valence electrons. The highest BCUT2D eigenvalue weighted by atomic mass is 16.5. The summed E-state index contributed by atoms with van der Waals surface area (Å²) in [6.07, 6.45) is 1.43. The van der Waals surface area contributed by atoms with Crippen LogP contribution in [0, 0.1) is 0 Å². The monoisotopic (exact) mass is 368 g/mol. The first-order chi connectivity index (χ1) is 12.9. The molecular formula is C23H28O4. The standard InChI is InChI=1S/C19H24O2.C4H4O2/c1-5-20-17-11-7-15(8-12-17)19(3,4)16-9-13-18(14-10-16)21-6-2;1-3-2-6-4(3)5/h7-14H,5-6H2,1-4H3;2H,1H3. The quantitative estimate of drug-likeness (QED) is 0.653. The molecule has 2 aromatic rings. The number of cyclic esters (lactones) is 1. The highest BCUT2D eigenvalue weighted by Crippen LogP contribution is 2.33. The Morgan fingerprint density at radius 2 is 1.19 bits per heavy atom. The van der Waals surface area contributed by atoms with Crippen molar-refractivity contribution in [3.8, 4) is 11.5 Å². The summed E-state index contributed by atoms with van der Waals surface area (Å²) in [7, 11) is 0. The van der Waals surface area contributed by atoms with Gasteiger partial charge in [0.15, 0.2) is 0 Å². The van der Waals surface area contributed by atoms with E-state index in [4.69, 9.17) is 9.47 Å². The largest absolute Gasteiger partial charge is 0.494 e. The van der Waals surface area contributed by atoms with E-state index in [9.17, 15) is 4.79 Å².